The molecular weight excluding hydrogens is 652 g/mol. The molecule has 2 aromatic rings. The fourth-order valence-electron chi connectivity index (χ4n) is 9.15. The Morgan fingerprint density at radius 1 is 0.481 bits per heavy atom. The van der Waals surface area contributed by atoms with Crippen molar-refractivity contribution in [1.82, 2.24) is 9.80 Å². The Morgan fingerprint density at radius 3 is 1.04 bits per heavy atom. The first kappa shape index (κ1) is 41.1. The molecule has 2 amide bonds. The first-order valence-electron chi connectivity index (χ1n) is 19.6. The molecule has 0 saturated carbocycles. The first-order valence-corrected chi connectivity index (χ1v) is 19.6. The molecule has 0 spiro atoms. The van der Waals surface area contributed by atoms with Crippen molar-refractivity contribution in [3.8, 4) is 0 Å². The average molecular weight is 717 g/mol. The Labute approximate surface area is 313 Å². The molecular formula is C44H64N2O6. The monoisotopic (exact) mass is 716 g/mol. The third kappa shape index (κ3) is 10.9. The van der Waals surface area contributed by atoms with Gasteiger partial charge in [-0.2, -0.15) is 0 Å². The minimum Gasteiger partial charge on any atom is -0.462 e. The number of carbonyl (C=O) groups excluding carboxylic acids is 4. The second-order valence-corrected chi connectivity index (χ2v) is 17.6. The van der Waals surface area contributed by atoms with Gasteiger partial charge in [-0.25, -0.2) is 0 Å². The number of rotatable bonds is 15. The summed E-state index contributed by atoms with van der Waals surface area (Å²) in [6.07, 6.45) is 10.9. The molecule has 2 heterocycles. The van der Waals surface area contributed by atoms with Crippen LogP contribution in [0.2, 0.25) is 0 Å². The highest BCUT2D eigenvalue weighted by atomic mass is 16.5. The van der Waals surface area contributed by atoms with Crippen molar-refractivity contribution >= 4 is 23.8 Å². The summed E-state index contributed by atoms with van der Waals surface area (Å²) in [5.41, 5.74) is -0.434. The number of hydrogen-bond donors (Lipinski definition) is 0. The van der Waals surface area contributed by atoms with Crippen LogP contribution in [0, 0.1) is 0 Å². The largest absolute Gasteiger partial charge is 0.462 e. The van der Waals surface area contributed by atoms with Gasteiger partial charge in [0.15, 0.2) is 0 Å². The molecule has 0 aliphatic carbocycles. The van der Waals surface area contributed by atoms with E-state index in [0.717, 1.165) is 51.4 Å². The van der Waals surface area contributed by atoms with Gasteiger partial charge in [0.2, 0.25) is 0 Å². The number of nitrogens with zero attached hydrogens (tertiary/aromatic N) is 2. The van der Waals surface area contributed by atoms with E-state index in [1.807, 2.05) is 70.5 Å². The highest BCUT2D eigenvalue weighted by Crippen LogP contribution is 2.42. The fraction of sp³-hybridized carbons (Fsp3) is 0.636. The van der Waals surface area contributed by atoms with Crippen molar-refractivity contribution in [2.45, 2.75) is 180 Å². The molecule has 0 radical (unpaired) electrons. The van der Waals surface area contributed by atoms with Crippen LogP contribution >= 0.6 is 0 Å². The van der Waals surface area contributed by atoms with Gasteiger partial charge in [0.25, 0.3) is 11.8 Å². The molecule has 286 valence electrons. The number of piperidine rings is 2. The molecule has 8 nitrogen and oxygen atoms in total. The lowest BCUT2D eigenvalue weighted by Crippen LogP contribution is -2.64. The van der Waals surface area contributed by atoms with Gasteiger partial charge in [-0.3, -0.25) is 19.2 Å². The van der Waals surface area contributed by atoms with Crippen LogP contribution in [0.25, 0.3) is 0 Å². The van der Waals surface area contributed by atoms with Crippen molar-refractivity contribution in [2.75, 3.05) is 0 Å². The summed E-state index contributed by atoms with van der Waals surface area (Å²) in [4.78, 5) is 56.3. The lowest BCUT2D eigenvalue weighted by atomic mass is 9.77. The van der Waals surface area contributed by atoms with E-state index >= 15 is 0 Å². The lowest BCUT2D eigenvalue weighted by molar-refractivity contribution is -0.159. The summed E-state index contributed by atoms with van der Waals surface area (Å²) in [5.74, 6) is -0.272. The van der Waals surface area contributed by atoms with E-state index in [1.165, 1.54) is 0 Å². The Morgan fingerprint density at radius 2 is 0.750 bits per heavy atom. The van der Waals surface area contributed by atoms with Crippen LogP contribution in [0.15, 0.2) is 60.7 Å². The Hall–Kier alpha value is -3.68. The van der Waals surface area contributed by atoms with Gasteiger partial charge in [0, 0.05) is 71.8 Å². The summed E-state index contributed by atoms with van der Waals surface area (Å²) >= 11 is 0. The van der Waals surface area contributed by atoms with Gasteiger partial charge in [0.1, 0.15) is 12.2 Å². The minimum absolute atomic E-state index is 0.0122. The normalized spacial score (nSPS) is 19.5. The Kier molecular flexibility index (Phi) is 13.8. The molecule has 8 heteroatoms. The predicted octanol–water partition coefficient (Wildman–Crippen LogP) is 9.70. The Bertz CT molecular complexity index is 1350. The molecule has 0 aromatic heterocycles. The molecule has 52 heavy (non-hydrogen) atoms. The number of likely N-dealkylation sites (tertiary alicyclic amines) is 2. The number of benzene rings is 2. The number of ether oxygens (including phenoxy) is 2. The van der Waals surface area contributed by atoms with E-state index in [4.69, 9.17) is 9.47 Å². The zero-order valence-corrected chi connectivity index (χ0v) is 33.2. The minimum atomic E-state index is -0.447. The van der Waals surface area contributed by atoms with Crippen LogP contribution in [0.1, 0.15) is 166 Å². The van der Waals surface area contributed by atoms with Crippen molar-refractivity contribution in [3.63, 3.8) is 0 Å². The zero-order valence-electron chi connectivity index (χ0n) is 33.2. The average Bonchev–Trinajstić information content (AvgIpc) is 3.04. The molecule has 2 aromatic carbocycles. The van der Waals surface area contributed by atoms with Gasteiger partial charge in [0.05, 0.1) is 0 Å². The van der Waals surface area contributed by atoms with E-state index in [9.17, 15) is 19.2 Å². The van der Waals surface area contributed by atoms with Crippen molar-refractivity contribution in [1.29, 1.82) is 0 Å². The second kappa shape index (κ2) is 17.4. The van der Waals surface area contributed by atoms with Gasteiger partial charge in [-0.05, 0) is 92.5 Å². The summed E-state index contributed by atoms with van der Waals surface area (Å²) < 4.78 is 11.9. The quantitative estimate of drug-likeness (QED) is 0.135. The lowest BCUT2D eigenvalue weighted by Gasteiger charge is -2.54. The van der Waals surface area contributed by atoms with E-state index in [2.05, 4.69) is 55.4 Å². The smallest absolute Gasteiger partial charge is 0.306 e. The zero-order chi connectivity index (χ0) is 38.2. The summed E-state index contributed by atoms with van der Waals surface area (Å²) in [5, 5.41) is 0. The van der Waals surface area contributed by atoms with Crippen LogP contribution in [0.5, 0.6) is 0 Å². The van der Waals surface area contributed by atoms with Gasteiger partial charge in [-0.1, -0.05) is 74.9 Å². The van der Waals surface area contributed by atoms with Crippen LogP contribution in [-0.2, 0) is 19.1 Å². The summed E-state index contributed by atoms with van der Waals surface area (Å²) in [6.45, 7) is 16.5. The highest BCUT2D eigenvalue weighted by Gasteiger charge is 2.50. The standard InChI is InChI=1S/C44H64N2O6/c1-41(2)29-35(30-42(3,4)45(41)39(49)33-23-17-15-18-24-33)51-37(47)27-21-13-11-9-10-12-14-22-28-38(48)52-36-31-43(5,6)46(44(7,8)32-36)40(50)34-25-19-16-20-26-34/h15-20,23-26,35-36H,9-14,21-22,27-32H2,1-8H3. The Balaban J connectivity index is 1.06. The van der Waals surface area contributed by atoms with E-state index < -0.39 is 22.2 Å². The second-order valence-electron chi connectivity index (χ2n) is 17.6. The highest BCUT2D eigenvalue weighted by molar-refractivity contribution is 5.96. The van der Waals surface area contributed by atoms with E-state index in [-0.39, 0.29) is 36.0 Å². The van der Waals surface area contributed by atoms with Crippen molar-refractivity contribution < 1.29 is 28.7 Å². The predicted molar refractivity (Wildman–Crippen MR) is 206 cm³/mol. The van der Waals surface area contributed by atoms with Gasteiger partial charge < -0.3 is 19.3 Å². The molecule has 2 fully saturated rings. The molecule has 0 bridgehead atoms. The van der Waals surface area contributed by atoms with Crippen molar-refractivity contribution in [3.05, 3.63) is 71.8 Å². The molecule has 0 atom stereocenters. The number of carbonyl (C=O) groups is 4. The van der Waals surface area contributed by atoms with Gasteiger partial charge in [-0.15, -0.1) is 0 Å². The number of hydrogen-bond acceptors (Lipinski definition) is 6. The van der Waals surface area contributed by atoms with Crippen LogP contribution in [0.4, 0.5) is 0 Å². The fourth-order valence-corrected chi connectivity index (χ4v) is 9.15. The van der Waals surface area contributed by atoms with E-state index in [1.54, 1.807) is 0 Å². The SMILES string of the molecule is CC1(C)CC(OC(=O)CCCCCCCCCCC(=O)OC2CC(C)(C)N(C(=O)c3ccccc3)C(C)(C)C2)CC(C)(C)N1C(=O)c1ccccc1. The molecule has 2 aliphatic heterocycles. The maximum atomic E-state index is 13.4. The molecule has 2 aliphatic rings. The number of unbranched alkanes of at least 4 members (excludes halogenated alkanes) is 7. The third-order valence-corrected chi connectivity index (χ3v) is 10.9. The maximum Gasteiger partial charge on any atom is 0.306 e. The third-order valence-electron chi connectivity index (χ3n) is 10.9. The molecule has 0 N–H and O–H groups in total. The number of esters is 2. The van der Waals surface area contributed by atoms with Gasteiger partial charge >= 0.3 is 11.9 Å². The molecule has 4 rings (SSSR count). The van der Waals surface area contributed by atoms with Crippen LogP contribution in [0.3, 0.4) is 0 Å². The topological polar surface area (TPSA) is 93.2 Å². The van der Waals surface area contributed by atoms with Crippen molar-refractivity contribution in [2.24, 2.45) is 0 Å². The summed E-state index contributed by atoms with van der Waals surface area (Å²) in [6, 6.07) is 18.8. The maximum absolute atomic E-state index is 13.4. The first-order chi connectivity index (χ1) is 24.4. The molecule has 2 saturated heterocycles. The molecule has 0 unspecified atom stereocenters. The summed E-state index contributed by atoms with van der Waals surface area (Å²) in [7, 11) is 0. The van der Waals surface area contributed by atoms with Crippen LogP contribution < -0.4 is 0 Å². The van der Waals surface area contributed by atoms with E-state index in [0.29, 0.717) is 49.7 Å². The van der Waals surface area contributed by atoms with Crippen LogP contribution in [-0.4, -0.2) is 67.9 Å². The number of amides is 2.